The molecule has 0 aliphatic heterocycles. The predicted molar refractivity (Wildman–Crippen MR) is 124 cm³/mol. The molecule has 0 fully saturated rings. The molecule has 0 heterocycles. The smallest absolute Gasteiger partial charge is 0.238 e. The van der Waals surface area contributed by atoms with Crippen LogP contribution in [0.4, 0.5) is 5.69 Å². The zero-order valence-electron chi connectivity index (χ0n) is 18.5. The third-order valence-electron chi connectivity index (χ3n) is 5.31. The van der Waals surface area contributed by atoms with Crippen LogP contribution in [0.1, 0.15) is 37.0 Å². The van der Waals surface area contributed by atoms with Gasteiger partial charge >= 0.3 is 0 Å². The Kier molecular flexibility index (Phi) is 10.1. The summed E-state index contributed by atoms with van der Waals surface area (Å²) in [6.45, 7) is 11.6. The summed E-state index contributed by atoms with van der Waals surface area (Å²) in [5, 5.41) is 12.0. The number of carbonyl (C=O) groups is 1. The zero-order valence-corrected chi connectivity index (χ0v) is 18.5. The van der Waals surface area contributed by atoms with Crippen LogP contribution in [0.3, 0.4) is 0 Å². The van der Waals surface area contributed by atoms with E-state index >= 15 is 0 Å². The van der Waals surface area contributed by atoms with Crippen molar-refractivity contribution in [3.63, 3.8) is 0 Å². The van der Waals surface area contributed by atoms with Crippen molar-refractivity contribution < 1.29 is 4.79 Å². The SMILES string of the molecule is CCN(CC)CCCN(CCc1ccc(C#N)cc1)CC(=O)Nc1cccc(C)c1. The van der Waals surface area contributed by atoms with E-state index in [1.165, 1.54) is 5.56 Å². The van der Waals surface area contributed by atoms with Gasteiger partial charge in [-0.25, -0.2) is 0 Å². The van der Waals surface area contributed by atoms with Gasteiger partial charge in [0.15, 0.2) is 0 Å². The maximum Gasteiger partial charge on any atom is 0.238 e. The van der Waals surface area contributed by atoms with Crippen LogP contribution >= 0.6 is 0 Å². The van der Waals surface area contributed by atoms with E-state index < -0.39 is 0 Å². The van der Waals surface area contributed by atoms with Crippen molar-refractivity contribution in [2.24, 2.45) is 0 Å². The van der Waals surface area contributed by atoms with Gasteiger partial charge in [-0.15, -0.1) is 0 Å². The van der Waals surface area contributed by atoms with E-state index in [1.54, 1.807) is 0 Å². The molecule has 0 aliphatic rings. The summed E-state index contributed by atoms with van der Waals surface area (Å²) < 4.78 is 0. The van der Waals surface area contributed by atoms with E-state index in [2.05, 4.69) is 35.0 Å². The zero-order chi connectivity index (χ0) is 21.8. The van der Waals surface area contributed by atoms with Crippen molar-refractivity contribution in [1.29, 1.82) is 5.26 Å². The molecule has 0 saturated carbocycles. The largest absolute Gasteiger partial charge is 0.325 e. The summed E-state index contributed by atoms with van der Waals surface area (Å²) >= 11 is 0. The van der Waals surface area contributed by atoms with Crippen LogP contribution in [-0.2, 0) is 11.2 Å². The molecule has 0 aliphatic carbocycles. The van der Waals surface area contributed by atoms with Crippen LogP contribution in [0.25, 0.3) is 0 Å². The van der Waals surface area contributed by atoms with Gasteiger partial charge in [0.1, 0.15) is 0 Å². The first kappa shape index (κ1) is 23.6. The highest BCUT2D eigenvalue weighted by molar-refractivity contribution is 5.92. The molecule has 1 amide bonds. The van der Waals surface area contributed by atoms with Gasteiger partial charge in [0.2, 0.25) is 5.91 Å². The molecule has 2 aromatic rings. The van der Waals surface area contributed by atoms with Crippen molar-refractivity contribution in [2.75, 3.05) is 44.6 Å². The van der Waals surface area contributed by atoms with Crippen LogP contribution in [0.15, 0.2) is 48.5 Å². The number of anilines is 1. The average molecular weight is 407 g/mol. The van der Waals surface area contributed by atoms with Gasteiger partial charge in [0, 0.05) is 12.2 Å². The topological polar surface area (TPSA) is 59.4 Å². The summed E-state index contributed by atoms with van der Waals surface area (Å²) in [4.78, 5) is 17.3. The Morgan fingerprint density at radius 3 is 2.33 bits per heavy atom. The Hall–Kier alpha value is -2.68. The lowest BCUT2D eigenvalue weighted by atomic mass is 10.1. The van der Waals surface area contributed by atoms with Crippen LogP contribution in [0.2, 0.25) is 0 Å². The minimum absolute atomic E-state index is 0.0169. The summed E-state index contributed by atoms with van der Waals surface area (Å²) in [6, 6.07) is 17.7. The van der Waals surface area contributed by atoms with Crippen molar-refractivity contribution >= 4 is 11.6 Å². The van der Waals surface area contributed by atoms with Crippen molar-refractivity contribution in [1.82, 2.24) is 9.80 Å². The number of hydrogen-bond acceptors (Lipinski definition) is 4. The molecule has 2 aromatic carbocycles. The van der Waals surface area contributed by atoms with E-state index in [9.17, 15) is 4.79 Å². The predicted octanol–water partition coefficient (Wildman–Crippen LogP) is 4.08. The maximum absolute atomic E-state index is 12.6. The molecular formula is C25H34N4O. The van der Waals surface area contributed by atoms with Gasteiger partial charge in [-0.05, 0) is 81.3 Å². The monoisotopic (exact) mass is 406 g/mol. The van der Waals surface area contributed by atoms with Crippen LogP contribution in [0.5, 0.6) is 0 Å². The minimum Gasteiger partial charge on any atom is -0.325 e. The van der Waals surface area contributed by atoms with Crippen molar-refractivity contribution in [3.05, 3.63) is 65.2 Å². The van der Waals surface area contributed by atoms with E-state index in [1.807, 2.05) is 55.5 Å². The molecule has 30 heavy (non-hydrogen) atoms. The Balaban J connectivity index is 1.94. The molecule has 1 N–H and O–H groups in total. The minimum atomic E-state index is 0.0169. The van der Waals surface area contributed by atoms with Gasteiger partial charge in [-0.2, -0.15) is 5.26 Å². The van der Waals surface area contributed by atoms with E-state index in [0.717, 1.165) is 56.8 Å². The maximum atomic E-state index is 12.6. The first-order valence-corrected chi connectivity index (χ1v) is 10.8. The molecule has 0 unspecified atom stereocenters. The highest BCUT2D eigenvalue weighted by Crippen LogP contribution is 2.10. The number of benzene rings is 2. The van der Waals surface area contributed by atoms with Crippen molar-refractivity contribution in [2.45, 2.75) is 33.6 Å². The number of rotatable bonds is 12. The Bertz CT molecular complexity index is 822. The third kappa shape index (κ3) is 8.36. The van der Waals surface area contributed by atoms with E-state index in [0.29, 0.717) is 12.1 Å². The second kappa shape index (κ2) is 12.8. The Morgan fingerprint density at radius 1 is 1.00 bits per heavy atom. The molecule has 0 radical (unpaired) electrons. The van der Waals surface area contributed by atoms with Crippen molar-refractivity contribution in [3.8, 4) is 6.07 Å². The number of nitrogens with one attached hydrogen (secondary N) is 1. The van der Waals surface area contributed by atoms with Gasteiger partial charge in [0.25, 0.3) is 0 Å². The fraction of sp³-hybridized carbons (Fsp3) is 0.440. The average Bonchev–Trinajstić information content (AvgIpc) is 2.75. The summed E-state index contributed by atoms with van der Waals surface area (Å²) in [5.41, 5.74) is 3.83. The van der Waals surface area contributed by atoms with Gasteiger partial charge in [-0.1, -0.05) is 38.1 Å². The number of aryl methyl sites for hydroxylation is 1. The van der Waals surface area contributed by atoms with E-state index in [-0.39, 0.29) is 5.91 Å². The van der Waals surface area contributed by atoms with Gasteiger partial charge in [0.05, 0.1) is 18.2 Å². The van der Waals surface area contributed by atoms with E-state index in [4.69, 9.17) is 5.26 Å². The second-order valence-corrected chi connectivity index (χ2v) is 7.63. The van der Waals surface area contributed by atoms with Gasteiger partial charge in [-0.3, -0.25) is 9.69 Å². The number of amides is 1. The van der Waals surface area contributed by atoms with Crippen LogP contribution in [-0.4, -0.2) is 55.0 Å². The van der Waals surface area contributed by atoms with Crippen LogP contribution in [0, 0.1) is 18.3 Å². The fourth-order valence-corrected chi connectivity index (χ4v) is 3.49. The lowest BCUT2D eigenvalue weighted by molar-refractivity contribution is -0.117. The second-order valence-electron chi connectivity index (χ2n) is 7.63. The summed E-state index contributed by atoms with van der Waals surface area (Å²) in [6.07, 6.45) is 1.89. The molecule has 0 atom stereocenters. The molecule has 0 spiro atoms. The highest BCUT2D eigenvalue weighted by Gasteiger charge is 2.12. The number of nitrogens with zero attached hydrogens (tertiary/aromatic N) is 3. The first-order valence-electron chi connectivity index (χ1n) is 10.8. The fourth-order valence-electron chi connectivity index (χ4n) is 3.49. The number of carbonyl (C=O) groups excluding carboxylic acids is 1. The lowest BCUT2D eigenvalue weighted by Gasteiger charge is -2.24. The quantitative estimate of drug-likeness (QED) is 0.577. The lowest BCUT2D eigenvalue weighted by Crippen LogP contribution is -2.37. The summed E-state index contributed by atoms with van der Waals surface area (Å²) in [5.74, 6) is 0.0169. The Labute approximate surface area is 181 Å². The molecule has 0 bridgehead atoms. The molecule has 5 heteroatoms. The molecule has 0 aromatic heterocycles. The molecule has 5 nitrogen and oxygen atoms in total. The highest BCUT2D eigenvalue weighted by atomic mass is 16.2. The molecule has 160 valence electrons. The van der Waals surface area contributed by atoms with Gasteiger partial charge < -0.3 is 10.2 Å². The third-order valence-corrected chi connectivity index (χ3v) is 5.31. The number of nitriles is 1. The van der Waals surface area contributed by atoms with Crippen LogP contribution < -0.4 is 5.32 Å². The molecular weight excluding hydrogens is 372 g/mol. The molecule has 2 rings (SSSR count). The Morgan fingerprint density at radius 2 is 1.70 bits per heavy atom. The first-order chi connectivity index (χ1) is 14.5. The molecule has 0 saturated heterocycles. The normalized spacial score (nSPS) is 10.9. The number of hydrogen-bond donors (Lipinski definition) is 1. The standard InChI is InChI=1S/C25H34N4O/c1-4-28(5-2)15-7-16-29(17-14-22-10-12-23(19-26)13-11-22)20-25(30)27-24-9-6-8-21(3)18-24/h6,8-13,18H,4-5,7,14-17,20H2,1-3H3,(H,27,30). The summed E-state index contributed by atoms with van der Waals surface area (Å²) in [7, 11) is 0.